The second kappa shape index (κ2) is 7.95. The molecule has 1 atom stereocenters. The monoisotopic (exact) mass is 343 g/mol. The van der Waals surface area contributed by atoms with E-state index in [-0.39, 0.29) is 12.5 Å². The van der Waals surface area contributed by atoms with Crippen molar-refractivity contribution in [2.24, 2.45) is 5.92 Å². The Morgan fingerprint density at radius 2 is 2.08 bits per heavy atom. The zero-order valence-corrected chi connectivity index (χ0v) is 15.0. The lowest BCUT2D eigenvalue weighted by atomic mass is 9.88. The average Bonchev–Trinajstić information content (AvgIpc) is 3.01. The molecule has 1 aliphatic rings. The van der Waals surface area contributed by atoms with Crippen molar-refractivity contribution in [3.63, 3.8) is 0 Å². The van der Waals surface area contributed by atoms with E-state index >= 15 is 0 Å². The standard InChI is InChI=1S/C20H25NO2S/c1-15-7-8-17-18(14-24-19(17)13-15)20(23)21(11-12-22)10-9-16-5-3-2-4-6-16/h2-6,14-15,22H,7-13H2,1H3. The number of carbonyl (C=O) groups is 1. The zero-order chi connectivity index (χ0) is 16.9. The van der Waals surface area contributed by atoms with Crippen LogP contribution in [-0.4, -0.2) is 35.6 Å². The molecular weight excluding hydrogens is 318 g/mol. The Labute approximate surface area is 147 Å². The molecule has 3 rings (SSSR count). The van der Waals surface area contributed by atoms with Crippen molar-refractivity contribution < 1.29 is 9.90 Å². The summed E-state index contributed by atoms with van der Waals surface area (Å²) in [5, 5.41) is 11.4. The molecule has 0 spiro atoms. The number of aliphatic hydroxyl groups is 1. The highest BCUT2D eigenvalue weighted by Crippen LogP contribution is 2.33. The molecule has 1 aliphatic carbocycles. The highest BCUT2D eigenvalue weighted by molar-refractivity contribution is 7.10. The summed E-state index contributed by atoms with van der Waals surface area (Å²) in [6.07, 6.45) is 4.08. The summed E-state index contributed by atoms with van der Waals surface area (Å²) < 4.78 is 0. The summed E-state index contributed by atoms with van der Waals surface area (Å²) in [5.74, 6) is 0.790. The van der Waals surface area contributed by atoms with Crippen molar-refractivity contribution in [3.8, 4) is 0 Å². The first-order valence-electron chi connectivity index (χ1n) is 8.72. The normalized spacial score (nSPS) is 16.7. The van der Waals surface area contributed by atoms with E-state index in [4.69, 9.17) is 0 Å². The van der Waals surface area contributed by atoms with Crippen LogP contribution >= 0.6 is 11.3 Å². The maximum absolute atomic E-state index is 13.0. The minimum Gasteiger partial charge on any atom is -0.395 e. The van der Waals surface area contributed by atoms with Crippen LogP contribution in [0.5, 0.6) is 0 Å². The minimum absolute atomic E-state index is 0.00386. The van der Waals surface area contributed by atoms with Gasteiger partial charge in [-0.05, 0) is 42.7 Å². The quantitative estimate of drug-likeness (QED) is 0.871. The topological polar surface area (TPSA) is 40.5 Å². The predicted octanol–water partition coefficient (Wildman–Crippen LogP) is 3.55. The number of thiophene rings is 1. The molecule has 128 valence electrons. The van der Waals surface area contributed by atoms with Gasteiger partial charge in [0.2, 0.25) is 0 Å². The zero-order valence-electron chi connectivity index (χ0n) is 14.2. The molecule has 1 N–H and O–H groups in total. The van der Waals surface area contributed by atoms with E-state index in [1.807, 2.05) is 23.6 Å². The van der Waals surface area contributed by atoms with Gasteiger partial charge in [0.15, 0.2) is 0 Å². The number of aliphatic hydroxyl groups excluding tert-OH is 1. The molecule has 1 aromatic carbocycles. The molecule has 1 unspecified atom stereocenters. The Hall–Kier alpha value is -1.65. The van der Waals surface area contributed by atoms with Crippen LogP contribution in [0, 0.1) is 5.92 Å². The van der Waals surface area contributed by atoms with E-state index < -0.39 is 0 Å². The van der Waals surface area contributed by atoms with Gasteiger partial charge < -0.3 is 10.0 Å². The number of nitrogens with zero attached hydrogens (tertiary/aromatic N) is 1. The summed E-state index contributed by atoms with van der Waals surface area (Å²) in [5.41, 5.74) is 3.34. The van der Waals surface area contributed by atoms with Gasteiger partial charge >= 0.3 is 0 Å². The predicted molar refractivity (Wildman–Crippen MR) is 98.6 cm³/mol. The lowest BCUT2D eigenvalue weighted by Crippen LogP contribution is -2.35. The summed E-state index contributed by atoms with van der Waals surface area (Å²) in [6.45, 7) is 3.32. The van der Waals surface area contributed by atoms with Crippen molar-refractivity contribution in [3.05, 3.63) is 57.3 Å². The van der Waals surface area contributed by atoms with Gasteiger partial charge in [0.05, 0.1) is 12.2 Å². The Morgan fingerprint density at radius 1 is 1.29 bits per heavy atom. The van der Waals surface area contributed by atoms with E-state index in [2.05, 4.69) is 19.1 Å². The highest BCUT2D eigenvalue weighted by Gasteiger charge is 2.25. The van der Waals surface area contributed by atoms with Crippen LogP contribution in [0.15, 0.2) is 35.7 Å². The smallest absolute Gasteiger partial charge is 0.255 e. The van der Waals surface area contributed by atoms with Crippen molar-refractivity contribution >= 4 is 17.2 Å². The van der Waals surface area contributed by atoms with Crippen molar-refractivity contribution in [2.75, 3.05) is 19.7 Å². The van der Waals surface area contributed by atoms with Crippen LogP contribution in [0.25, 0.3) is 0 Å². The fraction of sp³-hybridized carbons (Fsp3) is 0.450. The van der Waals surface area contributed by atoms with Crippen molar-refractivity contribution in [2.45, 2.75) is 32.6 Å². The van der Waals surface area contributed by atoms with Gasteiger partial charge in [-0.1, -0.05) is 37.3 Å². The first kappa shape index (κ1) is 17.2. The van der Waals surface area contributed by atoms with Crippen LogP contribution in [0.1, 0.15) is 39.7 Å². The molecule has 0 bridgehead atoms. The summed E-state index contributed by atoms with van der Waals surface area (Å²) in [4.78, 5) is 16.2. The SMILES string of the molecule is CC1CCc2c(C(=O)N(CCO)CCc3ccccc3)csc2C1. The number of hydrogen-bond acceptors (Lipinski definition) is 3. The molecule has 2 aromatic rings. The van der Waals surface area contributed by atoms with Crippen LogP contribution < -0.4 is 0 Å². The largest absolute Gasteiger partial charge is 0.395 e. The van der Waals surface area contributed by atoms with Gasteiger partial charge in [-0.15, -0.1) is 11.3 Å². The molecule has 1 aromatic heterocycles. The maximum Gasteiger partial charge on any atom is 0.255 e. The lowest BCUT2D eigenvalue weighted by Gasteiger charge is -2.24. The first-order valence-corrected chi connectivity index (χ1v) is 9.60. The Balaban J connectivity index is 1.73. The lowest BCUT2D eigenvalue weighted by molar-refractivity contribution is 0.0723. The van der Waals surface area contributed by atoms with Crippen LogP contribution in [0.3, 0.4) is 0 Å². The van der Waals surface area contributed by atoms with E-state index in [0.29, 0.717) is 19.0 Å². The number of carbonyl (C=O) groups excluding carboxylic acids is 1. The number of benzene rings is 1. The Bertz CT molecular complexity index is 680. The van der Waals surface area contributed by atoms with Gasteiger partial charge in [0, 0.05) is 23.3 Å². The molecule has 4 heteroatoms. The molecule has 0 aliphatic heterocycles. The van der Waals surface area contributed by atoms with Gasteiger partial charge in [0.1, 0.15) is 0 Å². The summed E-state index contributed by atoms with van der Waals surface area (Å²) in [7, 11) is 0. The summed E-state index contributed by atoms with van der Waals surface area (Å²) >= 11 is 1.72. The Kier molecular flexibility index (Phi) is 5.69. The van der Waals surface area contributed by atoms with E-state index in [1.54, 1.807) is 16.2 Å². The molecule has 1 amide bonds. The molecular formula is C20H25NO2S. The molecule has 24 heavy (non-hydrogen) atoms. The van der Waals surface area contributed by atoms with Crippen molar-refractivity contribution in [1.82, 2.24) is 4.90 Å². The molecule has 1 heterocycles. The fourth-order valence-electron chi connectivity index (χ4n) is 3.37. The first-order chi connectivity index (χ1) is 11.7. The molecule has 0 saturated carbocycles. The van der Waals surface area contributed by atoms with Gasteiger partial charge in [-0.3, -0.25) is 4.79 Å². The molecule has 0 radical (unpaired) electrons. The van der Waals surface area contributed by atoms with Gasteiger partial charge in [-0.2, -0.15) is 0 Å². The molecule has 0 fully saturated rings. The number of fused-ring (bicyclic) bond motifs is 1. The van der Waals surface area contributed by atoms with Gasteiger partial charge in [-0.25, -0.2) is 0 Å². The number of amides is 1. The van der Waals surface area contributed by atoms with Crippen LogP contribution in [-0.2, 0) is 19.3 Å². The fourth-order valence-corrected chi connectivity index (χ4v) is 4.61. The second-order valence-electron chi connectivity index (χ2n) is 6.65. The number of rotatable bonds is 6. The van der Waals surface area contributed by atoms with Crippen LogP contribution in [0.2, 0.25) is 0 Å². The molecule has 3 nitrogen and oxygen atoms in total. The third-order valence-electron chi connectivity index (χ3n) is 4.80. The second-order valence-corrected chi connectivity index (χ2v) is 7.61. The molecule has 0 saturated heterocycles. The minimum atomic E-state index is 0.00386. The number of hydrogen-bond donors (Lipinski definition) is 1. The highest BCUT2D eigenvalue weighted by atomic mass is 32.1. The van der Waals surface area contributed by atoms with E-state index in [9.17, 15) is 9.90 Å². The Morgan fingerprint density at radius 3 is 2.83 bits per heavy atom. The van der Waals surface area contributed by atoms with Crippen molar-refractivity contribution in [1.29, 1.82) is 0 Å². The van der Waals surface area contributed by atoms with Crippen LogP contribution in [0.4, 0.5) is 0 Å². The van der Waals surface area contributed by atoms with E-state index in [1.165, 1.54) is 16.0 Å². The van der Waals surface area contributed by atoms with E-state index in [0.717, 1.165) is 31.2 Å². The maximum atomic E-state index is 13.0. The summed E-state index contributed by atoms with van der Waals surface area (Å²) in [6, 6.07) is 10.2. The average molecular weight is 343 g/mol. The third-order valence-corrected chi connectivity index (χ3v) is 5.85. The van der Waals surface area contributed by atoms with Gasteiger partial charge in [0.25, 0.3) is 5.91 Å². The third kappa shape index (κ3) is 3.87.